The van der Waals surface area contributed by atoms with Crippen molar-refractivity contribution in [1.82, 2.24) is 0 Å². The van der Waals surface area contributed by atoms with Gasteiger partial charge in [-0.2, -0.15) is 0 Å². The fraction of sp³-hybridized carbons (Fsp3) is 0.625. The van der Waals surface area contributed by atoms with Crippen LogP contribution in [-0.4, -0.2) is 6.21 Å². The summed E-state index contributed by atoms with van der Waals surface area (Å²) in [6.07, 6.45) is 2.01. The smallest absolute Gasteiger partial charge is 0.0189 e. The van der Waals surface area contributed by atoms with Crippen LogP contribution in [0.25, 0.3) is 5.54 Å². The minimum Gasteiger partial charge on any atom is -0.527 e. The van der Waals surface area contributed by atoms with Gasteiger partial charge in [0.2, 0.25) is 0 Å². The molecule has 2 nitrogen and oxygen atoms in total. The van der Waals surface area contributed by atoms with Gasteiger partial charge in [0, 0.05) is 38.9 Å². The van der Waals surface area contributed by atoms with Crippen LogP contribution in [0.2, 0.25) is 0 Å². The first-order chi connectivity index (χ1) is 5.31. The van der Waals surface area contributed by atoms with Crippen LogP contribution >= 0.6 is 0 Å². The Morgan fingerprint density at radius 1 is 1.25 bits per heavy atom. The Labute approximate surface area is 100 Å². The van der Waals surface area contributed by atoms with Crippen molar-refractivity contribution in [2.24, 2.45) is 0 Å². The molecule has 12 heavy (non-hydrogen) atoms. The Balaban J connectivity index is -0.0000000560. The quantitative estimate of drug-likeness (QED) is 0.723. The fourth-order valence-electron chi connectivity index (χ4n) is 0.114. The van der Waals surface area contributed by atoms with Gasteiger partial charge in [-0.3, -0.25) is 0 Å². The van der Waals surface area contributed by atoms with E-state index in [1.165, 1.54) is 0 Å². The summed E-state index contributed by atoms with van der Waals surface area (Å²) in [6.45, 7) is 9.59. The van der Waals surface area contributed by atoms with Crippen molar-refractivity contribution >= 4 is 6.21 Å². The molecule has 0 saturated carbocycles. The average Bonchev–Trinajstić information content (AvgIpc) is 2.12. The van der Waals surface area contributed by atoms with Gasteiger partial charge in [0.05, 0.1) is 0 Å². The molecule has 0 aromatic heterocycles. The zero-order valence-electron chi connectivity index (χ0n) is 8.56. The minimum atomic E-state index is 0. The first-order valence-corrected chi connectivity index (χ1v) is 3.79. The van der Waals surface area contributed by atoms with Gasteiger partial charge in [0.1, 0.15) is 0 Å². The molecule has 4 heteroatoms. The molecule has 0 saturated heterocycles. The molecule has 0 atom stereocenters. The summed E-state index contributed by atoms with van der Waals surface area (Å²) >= 11 is 0. The summed E-state index contributed by atoms with van der Waals surface area (Å²) in [6, 6.07) is 0. The normalized spacial score (nSPS) is 7.33. The number of hydrogen-bond donors (Lipinski definition) is 1. The van der Waals surface area contributed by atoms with E-state index in [0.29, 0.717) is 5.57 Å². The van der Waals surface area contributed by atoms with Gasteiger partial charge >= 0.3 is 0 Å². The van der Waals surface area contributed by atoms with Crippen LogP contribution in [-0.2, 0) is 32.7 Å². The Morgan fingerprint density at radius 2 is 1.58 bits per heavy atom. The third kappa shape index (κ3) is 31.8. The molecule has 71 valence electrons. The number of allylic oxidation sites excluding steroid dienone is 1. The van der Waals surface area contributed by atoms with Crippen molar-refractivity contribution in [2.45, 2.75) is 34.6 Å². The number of halogens is 1. The van der Waals surface area contributed by atoms with E-state index in [4.69, 9.17) is 5.41 Å². The molecule has 0 aliphatic carbocycles. The molecule has 0 aromatic carbocycles. The van der Waals surface area contributed by atoms with Crippen LogP contribution in [0.4, 0.5) is 4.48 Å². The van der Waals surface area contributed by atoms with E-state index < -0.39 is 0 Å². The van der Waals surface area contributed by atoms with Gasteiger partial charge in [0.25, 0.3) is 0 Å². The molecule has 0 aromatic rings. The van der Waals surface area contributed by atoms with Crippen LogP contribution in [0.3, 0.4) is 0 Å². The van der Waals surface area contributed by atoms with E-state index in [2.05, 4.69) is 5.54 Å². The molecule has 0 unspecified atom stereocenters. The molecule has 0 aliphatic heterocycles. The van der Waals surface area contributed by atoms with Crippen LogP contribution < -0.4 is 0 Å². The van der Waals surface area contributed by atoms with E-state index in [-0.39, 0.29) is 32.7 Å². The maximum absolute atomic E-state index is 10.9. The maximum Gasteiger partial charge on any atom is 0.0189 e. The molecular formula is C8H18FN2Y-. The summed E-state index contributed by atoms with van der Waals surface area (Å²) < 4.78 is 10.9. The van der Waals surface area contributed by atoms with Gasteiger partial charge in [0.15, 0.2) is 0 Å². The minimum absolute atomic E-state index is 0. The van der Waals surface area contributed by atoms with Crippen molar-refractivity contribution in [3.8, 4) is 0 Å². The Kier molecular flexibility index (Phi) is 57.4. The third-order valence-corrected chi connectivity index (χ3v) is 0.480. The first kappa shape index (κ1) is 22.8. The van der Waals surface area contributed by atoms with Gasteiger partial charge in [-0.25, -0.2) is 0 Å². The topological polar surface area (TPSA) is 38.0 Å². The second kappa shape index (κ2) is 30.3. The third-order valence-electron chi connectivity index (χ3n) is 0.480. The molecule has 0 amide bonds. The van der Waals surface area contributed by atoms with E-state index in [1.807, 2.05) is 27.7 Å². The number of nitrogens with zero attached hydrogens (tertiary/aromatic N) is 1. The summed E-state index contributed by atoms with van der Waals surface area (Å²) in [7, 11) is 0. The van der Waals surface area contributed by atoms with E-state index in [1.54, 1.807) is 6.92 Å². The number of hydrogen-bond acceptors (Lipinski definition) is 1. The summed E-state index contributed by atoms with van der Waals surface area (Å²) in [5, 5.41) is 6.49. The molecule has 0 heterocycles. The summed E-state index contributed by atoms with van der Waals surface area (Å²) in [4.78, 5) is 0. The summed E-state index contributed by atoms with van der Waals surface area (Å²) in [5.41, 5.74) is 2.70. The van der Waals surface area contributed by atoms with Crippen molar-refractivity contribution in [3.05, 3.63) is 17.3 Å². The molecule has 0 bridgehead atoms. The first-order valence-electron chi connectivity index (χ1n) is 3.79. The Hall–Kier alpha value is 0.244. The monoisotopic (exact) mass is 250 g/mol. The molecule has 1 radical (unpaired) electrons. The SMILES string of the molecule is C/C(C=N)=C\[N-]F.CC.CC.[Y]. The Bertz CT molecular complexity index is 95.1. The molecule has 1 N–H and O–H groups in total. The van der Waals surface area contributed by atoms with Gasteiger partial charge < -0.3 is 15.4 Å². The standard InChI is InChI=1S/C4H6FN2.2C2H6.Y/c1-4(2-6)3-7-5;2*1-2;/h2-3,6H,1H3;2*1-2H3;/q-1;;;/b4-3+,6-2?;;;. The van der Waals surface area contributed by atoms with Crippen molar-refractivity contribution in [1.29, 1.82) is 5.41 Å². The number of nitrogens with one attached hydrogen (secondary N) is 1. The van der Waals surface area contributed by atoms with Crippen LogP contribution in [0.5, 0.6) is 0 Å². The largest absolute Gasteiger partial charge is 0.527 e. The van der Waals surface area contributed by atoms with E-state index in [9.17, 15) is 4.48 Å². The average molecular weight is 250 g/mol. The van der Waals surface area contributed by atoms with Crippen molar-refractivity contribution < 1.29 is 37.2 Å². The zero-order chi connectivity index (χ0) is 9.70. The van der Waals surface area contributed by atoms with Crippen LogP contribution in [0.15, 0.2) is 11.8 Å². The van der Waals surface area contributed by atoms with Gasteiger partial charge in [-0.15, -0.1) is 6.20 Å². The van der Waals surface area contributed by atoms with Crippen LogP contribution in [0.1, 0.15) is 34.6 Å². The van der Waals surface area contributed by atoms with E-state index in [0.717, 1.165) is 12.4 Å². The number of rotatable bonds is 2. The zero-order valence-corrected chi connectivity index (χ0v) is 11.4. The predicted octanol–water partition coefficient (Wildman–Crippen LogP) is 3.85. The molecule has 0 rings (SSSR count). The fourth-order valence-corrected chi connectivity index (χ4v) is 0.114. The predicted molar refractivity (Wildman–Crippen MR) is 49.7 cm³/mol. The van der Waals surface area contributed by atoms with E-state index >= 15 is 0 Å². The molecule has 0 aliphatic rings. The maximum atomic E-state index is 10.9. The molecule has 0 fully saturated rings. The van der Waals surface area contributed by atoms with Crippen molar-refractivity contribution in [2.75, 3.05) is 0 Å². The van der Waals surface area contributed by atoms with Gasteiger partial charge in [-0.05, 0) is 6.92 Å². The second-order valence-electron chi connectivity index (χ2n) is 1.12. The summed E-state index contributed by atoms with van der Waals surface area (Å²) in [5.74, 6) is 0. The van der Waals surface area contributed by atoms with Gasteiger partial charge in [-0.1, -0.05) is 33.3 Å². The van der Waals surface area contributed by atoms with Crippen molar-refractivity contribution in [3.63, 3.8) is 0 Å². The second-order valence-corrected chi connectivity index (χ2v) is 1.12. The molecular weight excluding hydrogens is 232 g/mol. The van der Waals surface area contributed by atoms with Crippen LogP contribution in [0, 0.1) is 5.41 Å². The Morgan fingerprint density at radius 3 is 1.67 bits per heavy atom. The molecule has 0 spiro atoms.